The minimum atomic E-state index is -0.525. The van der Waals surface area contributed by atoms with Gasteiger partial charge in [-0.2, -0.15) is 5.26 Å². The smallest absolute Gasteiger partial charge is 0.274 e. The highest BCUT2D eigenvalue weighted by Crippen LogP contribution is 2.28. The maximum Gasteiger partial charge on any atom is 0.274 e. The minimum absolute atomic E-state index is 0.0885. The third-order valence-electron chi connectivity index (χ3n) is 5.44. The number of anilines is 1. The van der Waals surface area contributed by atoms with E-state index in [4.69, 9.17) is 5.26 Å². The van der Waals surface area contributed by atoms with Crippen LogP contribution in [0.25, 0.3) is 10.9 Å². The normalized spacial score (nSPS) is 14.0. The summed E-state index contributed by atoms with van der Waals surface area (Å²) >= 11 is 0. The van der Waals surface area contributed by atoms with Crippen LogP contribution in [-0.2, 0) is 11.3 Å². The maximum atomic E-state index is 12.5. The quantitative estimate of drug-likeness (QED) is 0.495. The van der Waals surface area contributed by atoms with Crippen LogP contribution in [0.1, 0.15) is 34.6 Å². The fraction of sp³-hybridized carbons (Fsp3) is 0.273. The SMILES string of the molecule is N#Cc1ccc(CNC(=O)c2ncc3nc(N4CCC(NC=O)CC4)ccc3c2O)cn1. The lowest BCUT2D eigenvalue weighted by molar-refractivity contribution is -0.110. The summed E-state index contributed by atoms with van der Waals surface area (Å²) in [5, 5.41) is 25.3. The molecule has 32 heavy (non-hydrogen) atoms. The summed E-state index contributed by atoms with van der Waals surface area (Å²) in [5.74, 6) is 0.00208. The monoisotopic (exact) mass is 431 g/mol. The lowest BCUT2D eigenvalue weighted by atomic mass is 10.1. The van der Waals surface area contributed by atoms with Gasteiger partial charge in [0.05, 0.1) is 11.7 Å². The first-order valence-electron chi connectivity index (χ1n) is 10.2. The predicted molar refractivity (Wildman–Crippen MR) is 116 cm³/mol. The van der Waals surface area contributed by atoms with Crippen molar-refractivity contribution in [3.8, 4) is 11.8 Å². The number of hydrogen-bond donors (Lipinski definition) is 3. The second kappa shape index (κ2) is 9.26. The van der Waals surface area contributed by atoms with Crippen LogP contribution in [0.3, 0.4) is 0 Å². The molecular weight excluding hydrogens is 410 g/mol. The van der Waals surface area contributed by atoms with E-state index < -0.39 is 5.91 Å². The van der Waals surface area contributed by atoms with Gasteiger partial charge in [0.25, 0.3) is 5.91 Å². The van der Waals surface area contributed by atoms with Crippen LogP contribution in [0.5, 0.6) is 5.75 Å². The molecule has 4 rings (SSSR count). The molecule has 0 atom stereocenters. The van der Waals surface area contributed by atoms with Gasteiger partial charge in [-0.3, -0.25) is 9.59 Å². The predicted octanol–water partition coefficient (Wildman–Crippen LogP) is 1.25. The van der Waals surface area contributed by atoms with E-state index in [2.05, 4.69) is 30.5 Å². The Morgan fingerprint density at radius 1 is 1.22 bits per heavy atom. The first-order valence-corrected chi connectivity index (χ1v) is 10.2. The Hall–Kier alpha value is -4.26. The van der Waals surface area contributed by atoms with Gasteiger partial charge in [-0.05, 0) is 36.6 Å². The van der Waals surface area contributed by atoms with Crippen molar-refractivity contribution >= 4 is 29.0 Å². The molecule has 0 bridgehead atoms. The summed E-state index contributed by atoms with van der Waals surface area (Å²) in [6, 6.07) is 8.91. The second-order valence-electron chi connectivity index (χ2n) is 7.45. The highest BCUT2D eigenvalue weighted by molar-refractivity contribution is 6.00. The van der Waals surface area contributed by atoms with Crippen molar-refractivity contribution in [1.82, 2.24) is 25.6 Å². The standard InChI is InChI=1S/C22H21N7O3/c23-9-16-2-1-14(10-24-16)11-26-22(32)20-21(31)17-3-4-19(28-18(17)12-25-20)29-7-5-15(6-8-29)27-13-30/h1-4,10,12-13,15,31H,5-8,11H2,(H,26,32)(H,27,30). The van der Waals surface area contributed by atoms with Gasteiger partial charge in [-0.15, -0.1) is 0 Å². The molecule has 0 aliphatic carbocycles. The Morgan fingerprint density at radius 3 is 2.72 bits per heavy atom. The fourth-order valence-electron chi connectivity index (χ4n) is 3.65. The van der Waals surface area contributed by atoms with Crippen LogP contribution in [0.2, 0.25) is 0 Å². The molecule has 0 aromatic carbocycles. The Bertz CT molecular complexity index is 1180. The zero-order valence-electron chi connectivity index (χ0n) is 17.2. The summed E-state index contributed by atoms with van der Waals surface area (Å²) in [7, 11) is 0. The molecule has 1 saturated heterocycles. The number of pyridine rings is 3. The number of piperidine rings is 1. The van der Waals surface area contributed by atoms with Gasteiger partial charge in [-0.25, -0.2) is 15.0 Å². The van der Waals surface area contributed by atoms with Gasteiger partial charge in [0.2, 0.25) is 6.41 Å². The van der Waals surface area contributed by atoms with E-state index >= 15 is 0 Å². The molecule has 4 heterocycles. The molecule has 10 heteroatoms. The van der Waals surface area contributed by atoms with Crippen molar-refractivity contribution in [2.75, 3.05) is 18.0 Å². The second-order valence-corrected chi connectivity index (χ2v) is 7.45. The molecule has 3 aromatic heterocycles. The minimum Gasteiger partial charge on any atom is -0.505 e. The zero-order chi connectivity index (χ0) is 22.5. The van der Waals surface area contributed by atoms with Gasteiger partial charge in [-0.1, -0.05) is 6.07 Å². The van der Waals surface area contributed by atoms with Crippen molar-refractivity contribution < 1.29 is 14.7 Å². The number of rotatable bonds is 6. The van der Waals surface area contributed by atoms with Crippen LogP contribution in [0.15, 0.2) is 36.7 Å². The van der Waals surface area contributed by atoms with Gasteiger partial charge in [0, 0.05) is 37.3 Å². The summed E-state index contributed by atoms with van der Waals surface area (Å²) < 4.78 is 0. The summed E-state index contributed by atoms with van der Waals surface area (Å²) in [5.41, 5.74) is 1.41. The number of nitrogens with one attached hydrogen (secondary N) is 2. The molecule has 1 aliphatic rings. The van der Waals surface area contributed by atoms with Crippen LogP contribution in [0, 0.1) is 11.3 Å². The molecule has 10 nitrogen and oxygen atoms in total. The van der Waals surface area contributed by atoms with Gasteiger partial charge >= 0.3 is 0 Å². The van der Waals surface area contributed by atoms with Crippen LogP contribution >= 0.6 is 0 Å². The van der Waals surface area contributed by atoms with E-state index in [9.17, 15) is 14.7 Å². The van der Waals surface area contributed by atoms with Crippen molar-refractivity contribution in [2.45, 2.75) is 25.4 Å². The first-order chi connectivity index (χ1) is 15.6. The van der Waals surface area contributed by atoms with Crippen molar-refractivity contribution in [3.63, 3.8) is 0 Å². The number of aromatic hydroxyl groups is 1. The number of nitrogens with zero attached hydrogens (tertiary/aromatic N) is 5. The van der Waals surface area contributed by atoms with Crippen molar-refractivity contribution in [3.05, 3.63) is 53.6 Å². The lowest BCUT2D eigenvalue weighted by Gasteiger charge is -2.32. The fourth-order valence-corrected chi connectivity index (χ4v) is 3.65. The number of hydrogen-bond acceptors (Lipinski definition) is 8. The highest BCUT2D eigenvalue weighted by atomic mass is 16.3. The number of aromatic nitrogens is 3. The van der Waals surface area contributed by atoms with Crippen molar-refractivity contribution in [2.24, 2.45) is 0 Å². The number of carbonyl (C=O) groups is 2. The summed E-state index contributed by atoms with van der Waals surface area (Å²) in [6.45, 7) is 1.70. The van der Waals surface area contributed by atoms with E-state index in [-0.39, 0.29) is 24.0 Å². The molecule has 0 radical (unpaired) electrons. The molecule has 1 aliphatic heterocycles. The van der Waals surface area contributed by atoms with Crippen LogP contribution in [0.4, 0.5) is 5.82 Å². The van der Waals surface area contributed by atoms with Crippen LogP contribution < -0.4 is 15.5 Å². The van der Waals surface area contributed by atoms with Crippen LogP contribution in [-0.4, -0.2) is 51.5 Å². The average molecular weight is 431 g/mol. The molecule has 0 unspecified atom stereocenters. The highest BCUT2D eigenvalue weighted by Gasteiger charge is 2.21. The Morgan fingerprint density at radius 2 is 2.03 bits per heavy atom. The van der Waals surface area contributed by atoms with E-state index in [1.54, 1.807) is 24.3 Å². The molecule has 3 aromatic rings. The van der Waals surface area contributed by atoms with E-state index in [0.29, 0.717) is 16.6 Å². The van der Waals surface area contributed by atoms with Gasteiger partial charge in [0.1, 0.15) is 17.6 Å². The molecular formula is C22H21N7O3. The average Bonchev–Trinajstić information content (AvgIpc) is 2.83. The summed E-state index contributed by atoms with van der Waals surface area (Å²) in [4.78, 5) is 37.9. The van der Waals surface area contributed by atoms with E-state index in [1.165, 1.54) is 12.4 Å². The third kappa shape index (κ3) is 4.41. The Kier molecular flexibility index (Phi) is 6.07. The molecule has 0 saturated carbocycles. The number of amides is 2. The molecule has 1 fully saturated rings. The van der Waals surface area contributed by atoms with Gasteiger partial charge in [0.15, 0.2) is 11.4 Å². The van der Waals surface area contributed by atoms with E-state index in [1.807, 2.05) is 6.07 Å². The molecule has 162 valence electrons. The maximum absolute atomic E-state index is 12.5. The van der Waals surface area contributed by atoms with E-state index in [0.717, 1.165) is 43.7 Å². The first kappa shape index (κ1) is 21.0. The zero-order valence-corrected chi connectivity index (χ0v) is 17.2. The largest absolute Gasteiger partial charge is 0.505 e. The molecule has 2 amide bonds. The number of nitriles is 1. The third-order valence-corrected chi connectivity index (χ3v) is 5.44. The molecule has 0 spiro atoms. The van der Waals surface area contributed by atoms with Crippen molar-refractivity contribution in [1.29, 1.82) is 5.26 Å². The number of fused-ring (bicyclic) bond motifs is 1. The Labute approximate surface area is 183 Å². The summed E-state index contributed by atoms with van der Waals surface area (Å²) in [6.07, 6.45) is 5.37. The molecule has 3 N–H and O–H groups in total. The topological polar surface area (TPSA) is 144 Å². The number of carbonyl (C=O) groups excluding carboxylic acids is 2. The lowest BCUT2D eigenvalue weighted by Crippen LogP contribution is -2.42. The Balaban J connectivity index is 1.46. The van der Waals surface area contributed by atoms with Gasteiger partial charge < -0.3 is 20.6 Å².